The summed E-state index contributed by atoms with van der Waals surface area (Å²) in [7, 11) is 2.09. The van der Waals surface area contributed by atoms with Crippen LogP contribution in [0.15, 0.2) is 18.2 Å². The summed E-state index contributed by atoms with van der Waals surface area (Å²) in [6.07, 6.45) is 2.99. The molecule has 30 heavy (non-hydrogen) atoms. The zero-order valence-electron chi connectivity index (χ0n) is 17.6. The van der Waals surface area contributed by atoms with E-state index in [1.165, 1.54) is 9.80 Å². The lowest BCUT2D eigenvalue weighted by atomic mass is 9.83. The maximum atomic E-state index is 13.8. The number of nitrogens with zero attached hydrogens (tertiary/aromatic N) is 2. The summed E-state index contributed by atoms with van der Waals surface area (Å²) in [6.45, 7) is 5.24. The summed E-state index contributed by atoms with van der Waals surface area (Å²) in [5, 5.41) is 0. The Morgan fingerprint density at radius 3 is 2.30 bits per heavy atom. The fourth-order valence-corrected chi connectivity index (χ4v) is 4.90. The average molecular weight is 422 g/mol. The van der Waals surface area contributed by atoms with E-state index >= 15 is 0 Å². The van der Waals surface area contributed by atoms with Crippen LogP contribution in [0.25, 0.3) is 0 Å². The SMILES string of the molecule is CC1CCC2(CC1)OC[C@@H](C(=O)N1CC[NH+](C)CC1)N2C(=O)c1cc(F)cc(F)c1. The van der Waals surface area contributed by atoms with Crippen molar-refractivity contribution >= 4 is 11.8 Å². The number of quaternary nitrogens is 1. The number of likely N-dealkylation sites (N-methyl/N-ethyl adjacent to an activating group) is 1. The van der Waals surface area contributed by atoms with Crippen molar-refractivity contribution in [1.82, 2.24) is 9.80 Å². The first kappa shape index (κ1) is 21.2. The number of carbonyl (C=O) groups excluding carboxylic acids is 2. The van der Waals surface area contributed by atoms with Gasteiger partial charge in [0.05, 0.1) is 39.8 Å². The number of ether oxygens (including phenoxy) is 1. The Labute approximate surface area is 175 Å². The van der Waals surface area contributed by atoms with E-state index in [-0.39, 0.29) is 18.1 Å². The summed E-state index contributed by atoms with van der Waals surface area (Å²) < 4.78 is 33.8. The lowest BCUT2D eigenvalue weighted by molar-refractivity contribution is -0.883. The van der Waals surface area contributed by atoms with E-state index < -0.39 is 29.3 Å². The molecule has 1 N–H and O–H groups in total. The second kappa shape index (κ2) is 8.23. The van der Waals surface area contributed by atoms with E-state index in [1.54, 1.807) is 4.90 Å². The molecule has 164 valence electrons. The van der Waals surface area contributed by atoms with Crippen LogP contribution in [-0.4, -0.2) is 73.2 Å². The van der Waals surface area contributed by atoms with Gasteiger partial charge in [-0.3, -0.25) is 14.5 Å². The Kier molecular flexibility index (Phi) is 5.81. The molecular weight excluding hydrogens is 392 g/mol. The maximum Gasteiger partial charge on any atom is 0.257 e. The third kappa shape index (κ3) is 3.95. The Hall–Kier alpha value is -2.06. The van der Waals surface area contributed by atoms with E-state index in [4.69, 9.17) is 4.74 Å². The topological polar surface area (TPSA) is 54.3 Å². The number of halogens is 2. The molecule has 1 saturated carbocycles. The van der Waals surface area contributed by atoms with Gasteiger partial charge in [0.2, 0.25) is 5.91 Å². The van der Waals surface area contributed by atoms with E-state index in [0.717, 1.165) is 44.1 Å². The van der Waals surface area contributed by atoms with Gasteiger partial charge in [-0.15, -0.1) is 0 Å². The molecule has 1 aromatic carbocycles. The highest BCUT2D eigenvalue weighted by Gasteiger charge is 2.54. The van der Waals surface area contributed by atoms with Gasteiger partial charge in [0.15, 0.2) is 0 Å². The van der Waals surface area contributed by atoms with E-state index in [0.29, 0.717) is 31.8 Å². The number of rotatable bonds is 2. The third-order valence-electron chi connectivity index (χ3n) is 6.86. The number of hydrogen-bond donors (Lipinski definition) is 1. The summed E-state index contributed by atoms with van der Waals surface area (Å²) in [6, 6.07) is 2.04. The van der Waals surface area contributed by atoms with Crippen LogP contribution in [0.3, 0.4) is 0 Å². The predicted octanol–water partition coefficient (Wildman–Crippen LogP) is 1.07. The monoisotopic (exact) mass is 422 g/mol. The molecular formula is C22H30F2N3O3+. The molecule has 0 radical (unpaired) electrons. The van der Waals surface area contributed by atoms with Crippen molar-refractivity contribution in [2.75, 3.05) is 39.8 Å². The van der Waals surface area contributed by atoms with Crippen molar-refractivity contribution in [2.24, 2.45) is 5.92 Å². The van der Waals surface area contributed by atoms with Crippen molar-refractivity contribution in [3.63, 3.8) is 0 Å². The van der Waals surface area contributed by atoms with Gasteiger partial charge in [0, 0.05) is 11.6 Å². The molecule has 3 aliphatic rings. The van der Waals surface area contributed by atoms with E-state index in [1.807, 2.05) is 0 Å². The average Bonchev–Trinajstić information content (AvgIpc) is 3.08. The molecule has 8 heteroatoms. The Bertz CT molecular complexity index is 798. The Balaban J connectivity index is 1.65. The van der Waals surface area contributed by atoms with Crippen LogP contribution in [-0.2, 0) is 9.53 Å². The highest BCUT2D eigenvalue weighted by Crippen LogP contribution is 2.43. The molecule has 1 spiro atoms. The lowest BCUT2D eigenvalue weighted by Crippen LogP contribution is -3.12. The second-order valence-electron chi connectivity index (χ2n) is 9.07. The van der Waals surface area contributed by atoms with Crippen LogP contribution in [0.2, 0.25) is 0 Å². The molecule has 1 aliphatic carbocycles. The molecule has 3 fully saturated rings. The minimum absolute atomic E-state index is 0.0865. The molecule has 0 bridgehead atoms. The smallest absolute Gasteiger partial charge is 0.257 e. The molecule has 2 saturated heterocycles. The van der Waals surface area contributed by atoms with Crippen molar-refractivity contribution in [3.8, 4) is 0 Å². The number of carbonyl (C=O) groups is 2. The van der Waals surface area contributed by atoms with Crippen LogP contribution in [0, 0.1) is 17.6 Å². The zero-order chi connectivity index (χ0) is 21.5. The van der Waals surface area contributed by atoms with Crippen LogP contribution < -0.4 is 4.90 Å². The summed E-state index contributed by atoms with van der Waals surface area (Å²) >= 11 is 0. The van der Waals surface area contributed by atoms with Gasteiger partial charge in [-0.1, -0.05) is 6.92 Å². The van der Waals surface area contributed by atoms with Crippen molar-refractivity contribution < 1.29 is 28.0 Å². The standard InChI is InChI=1S/C22H29F2N3O3/c1-15-3-5-22(6-4-15)27(20(28)16-11-17(23)13-18(24)12-16)19(14-30-22)21(29)26-9-7-25(2)8-10-26/h11-13,15,19H,3-10,14H2,1-2H3/p+1/t15?,19-,22?/m0/s1. The van der Waals surface area contributed by atoms with E-state index in [9.17, 15) is 18.4 Å². The van der Waals surface area contributed by atoms with Crippen LogP contribution in [0.4, 0.5) is 8.78 Å². The highest BCUT2D eigenvalue weighted by molar-refractivity contribution is 5.98. The van der Waals surface area contributed by atoms with Gasteiger partial charge in [-0.25, -0.2) is 8.78 Å². The molecule has 2 aliphatic heterocycles. The first-order valence-electron chi connectivity index (χ1n) is 10.8. The molecule has 2 heterocycles. The lowest BCUT2D eigenvalue weighted by Gasteiger charge is -2.43. The second-order valence-corrected chi connectivity index (χ2v) is 9.07. The first-order chi connectivity index (χ1) is 14.3. The minimum atomic E-state index is -0.884. The quantitative estimate of drug-likeness (QED) is 0.776. The number of amides is 2. The molecule has 6 nitrogen and oxygen atoms in total. The fourth-order valence-electron chi connectivity index (χ4n) is 4.90. The maximum absolute atomic E-state index is 13.8. The third-order valence-corrected chi connectivity index (χ3v) is 6.86. The van der Waals surface area contributed by atoms with Gasteiger partial charge < -0.3 is 14.5 Å². The number of hydrogen-bond acceptors (Lipinski definition) is 3. The van der Waals surface area contributed by atoms with Crippen molar-refractivity contribution in [1.29, 1.82) is 0 Å². The number of benzene rings is 1. The molecule has 1 aromatic rings. The van der Waals surface area contributed by atoms with Crippen molar-refractivity contribution in [3.05, 3.63) is 35.4 Å². The largest absolute Gasteiger partial charge is 0.353 e. The first-order valence-corrected chi connectivity index (χ1v) is 10.8. The summed E-state index contributed by atoms with van der Waals surface area (Å²) in [5.41, 5.74) is -0.971. The summed E-state index contributed by atoms with van der Waals surface area (Å²) in [5.74, 6) is -1.79. The number of nitrogens with one attached hydrogen (secondary N) is 1. The van der Waals surface area contributed by atoms with Crippen LogP contribution >= 0.6 is 0 Å². The Morgan fingerprint density at radius 1 is 1.10 bits per heavy atom. The zero-order valence-corrected chi connectivity index (χ0v) is 17.6. The fraction of sp³-hybridized carbons (Fsp3) is 0.636. The normalized spacial score (nSPS) is 30.1. The van der Waals surface area contributed by atoms with E-state index in [2.05, 4.69) is 14.0 Å². The molecule has 2 amide bonds. The van der Waals surface area contributed by atoms with Gasteiger partial charge in [-0.2, -0.15) is 0 Å². The molecule has 0 aromatic heterocycles. The van der Waals surface area contributed by atoms with Gasteiger partial charge in [-0.05, 0) is 43.7 Å². The van der Waals surface area contributed by atoms with Crippen LogP contribution in [0.1, 0.15) is 43.0 Å². The van der Waals surface area contributed by atoms with Gasteiger partial charge in [0.25, 0.3) is 5.91 Å². The molecule has 4 rings (SSSR count). The highest BCUT2D eigenvalue weighted by atomic mass is 19.1. The Morgan fingerprint density at radius 2 is 1.70 bits per heavy atom. The van der Waals surface area contributed by atoms with Crippen LogP contribution in [0.5, 0.6) is 0 Å². The van der Waals surface area contributed by atoms with Crippen molar-refractivity contribution in [2.45, 2.75) is 44.4 Å². The predicted molar refractivity (Wildman–Crippen MR) is 106 cm³/mol. The number of piperazine rings is 1. The van der Waals surface area contributed by atoms with Gasteiger partial charge >= 0.3 is 0 Å². The summed E-state index contributed by atoms with van der Waals surface area (Å²) in [4.78, 5) is 31.5. The molecule has 1 atom stereocenters. The minimum Gasteiger partial charge on any atom is -0.353 e. The van der Waals surface area contributed by atoms with Gasteiger partial charge in [0.1, 0.15) is 23.4 Å². The molecule has 0 unspecified atom stereocenters.